The van der Waals surface area contributed by atoms with Crippen LogP contribution in [0.4, 0.5) is 19.3 Å². The fourth-order valence-electron chi connectivity index (χ4n) is 4.87. The molecule has 0 fully saturated rings. The maximum atomic E-state index is 13.5. The molecule has 2 unspecified atom stereocenters. The van der Waals surface area contributed by atoms with Gasteiger partial charge in [0.05, 0.1) is 18.4 Å². The van der Waals surface area contributed by atoms with Gasteiger partial charge >= 0.3 is 6.09 Å². The van der Waals surface area contributed by atoms with Crippen molar-refractivity contribution >= 4 is 11.8 Å². The Morgan fingerprint density at radius 2 is 1.80 bits per heavy atom. The molecule has 0 spiro atoms. The number of hydrogen-bond acceptors (Lipinski definition) is 5. The first kappa shape index (κ1) is 29.5. The van der Waals surface area contributed by atoms with Crippen molar-refractivity contribution in [1.82, 2.24) is 5.32 Å². The third-order valence-electron chi connectivity index (χ3n) is 6.73. The van der Waals surface area contributed by atoms with E-state index in [0.717, 1.165) is 29.2 Å². The lowest BCUT2D eigenvalue weighted by atomic mass is 9.85. The van der Waals surface area contributed by atoms with Gasteiger partial charge in [-0.05, 0) is 59.6 Å². The van der Waals surface area contributed by atoms with Crippen molar-refractivity contribution in [2.24, 2.45) is 5.41 Å². The van der Waals surface area contributed by atoms with Gasteiger partial charge in [-0.1, -0.05) is 51.1 Å². The van der Waals surface area contributed by atoms with Crippen LogP contribution < -0.4 is 15.4 Å². The molecular weight excluding hydrogens is 514 g/mol. The van der Waals surface area contributed by atoms with Crippen molar-refractivity contribution in [3.05, 3.63) is 94.6 Å². The average Bonchev–Trinajstić information content (AvgIpc) is 2.89. The van der Waals surface area contributed by atoms with Crippen molar-refractivity contribution in [2.75, 3.05) is 18.5 Å². The maximum Gasteiger partial charge on any atom is 0.411 e. The molecule has 4 rings (SSSR count). The Bertz CT molecular complexity index is 1270. The van der Waals surface area contributed by atoms with Gasteiger partial charge in [-0.15, -0.1) is 0 Å². The second kappa shape index (κ2) is 13.2. The second-order valence-corrected chi connectivity index (χ2v) is 11.5. The van der Waals surface area contributed by atoms with E-state index in [0.29, 0.717) is 49.4 Å². The quantitative estimate of drug-likeness (QED) is 0.261. The zero-order valence-electron chi connectivity index (χ0n) is 23.3. The molecule has 2 atom stereocenters. The standard InChI is InChI=1S/C32H38F2N2O4/c1-32(2,3)18-23-15-27-28(35-19-26(37)10-9-22-13-24(33)16-25(34)14-22)11-12-39-30(27)17-29(23)36-31(38)40-20-21-7-5-4-6-8-21/h4-8,13-17,26,28,35,37H,9-12,18-20H2,1-3H3,(H,36,38). The van der Waals surface area contributed by atoms with Gasteiger partial charge in [0.15, 0.2) is 0 Å². The van der Waals surface area contributed by atoms with Gasteiger partial charge in [-0.25, -0.2) is 13.6 Å². The van der Waals surface area contributed by atoms with Gasteiger partial charge in [0.2, 0.25) is 0 Å². The predicted molar refractivity (Wildman–Crippen MR) is 151 cm³/mol. The number of aliphatic hydroxyl groups excluding tert-OH is 1. The number of anilines is 1. The number of nitrogens with one attached hydrogen (secondary N) is 2. The molecular formula is C32H38F2N2O4. The van der Waals surface area contributed by atoms with Crippen molar-refractivity contribution < 1.29 is 28.2 Å². The van der Waals surface area contributed by atoms with Gasteiger partial charge in [0.25, 0.3) is 0 Å². The highest BCUT2D eigenvalue weighted by Crippen LogP contribution is 2.38. The van der Waals surface area contributed by atoms with Crippen LogP contribution in [0.3, 0.4) is 0 Å². The first-order valence-corrected chi connectivity index (χ1v) is 13.7. The number of aryl methyl sites for hydroxylation is 1. The van der Waals surface area contributed by atoms with Crippen molar-refractivity contribution in [3.63, 3.8) is 0 Å². The Morgan fingerprint density at radius 3 is 2.50 bits per heavy atom. The van der Waals surface area contributed by atoms with Crippen LogP contribution in [-0.2, 0) is 24.2 Å². The zero-order valence-corrected chi connectivity index (χ0v) is 23.3. The summed E-state index contributed by atoms with van der Waals surface area (Å²) in [5.41, 5.74) is 3.96. The smallest absolute Gasteiger partial charge is 0.411 e. The molecule has 0 radical (unpaired) electrons. The van der Waals surface area contributed by atoms with Crippen LogP contribution in [0.2, 0.25) is 0 Å². The van der Waals surface area contributed by atoms with Crippen molar-refractivity contribution in [3.8, 4) is 5.75 Å². The topological polar surface area (TPSA) is 79.8 Å². The molecule has 214 valence electrons. The van der Waals surface area contributed by atoms with Gasteiger partial charge in [0, 0.05) is 36.7 Å². The number of halogens is 2. The van der Waals surface area contributed by atoms with Gasteiger partial charge in [0.1, 0.15) is 24.0 Å². The van der Waals surface area contributed by atoms with E-state index in [2.05, 4.69) is 37.5 Å². The zero-order chi connectivity index (χ0) is 28.7. The Labute approximate surface area is 234 Å². The van der Waals surface area contributed by atoms with E-state index < -0.39 is 23.8 Å². The summed E-state index contributed by atoms with van der Waals surface area (Å²) in [7, 11) is 0. The lowest BCUT2D eigenvalue weighted by Crippen LogP contribution is -2.33. The predicted octanol–water partition coefficient (Wildman–Crippen LogP) is 6.71. The highest BCUT2D eigenvalue weighted by Gasteiger charge is 2.26. The Morgan fingerprint density at radius 1 is 1.07 bits per heavy atom. The molecule has 6 nitrogen and oxygen atoms in total. The highest BCUT2D eigenvalue weighted by molar-refractivity contribution is 5.86. The summed E-state index contributed by atoms with van der Waals surface area (Å²) in [5, 5.41) is 16.9. The normalized spacial score (nSPS) is 15.6. The summed E-state index contributed by atoms with van der Waals surface area (Å²) in [6.07, 6.45) is 0.948. The summed E-state index contributed by atoms with van der Waals surface area (Å²) in [4.78, 5) is 12.7. The van der Waals surface area contributed by atoms with E-state index in [-0.39, 0.29) is 18.1 Å². The van der Waals surface area contributed by atoms with Crippen LogP contribution in [0, 0.1) is 17.0 Å². The molecule has 3 aromatic rings. The summed E-state index contributed by atoms with van der Waals surface area (Å²) in [5.74, 6) is -0.568. The van der Waals surface area contributed by atoms with E-state index in [1.807, 2.05) is 36.4 Å². The Hall–Kier alpha value is -3.49. The lowest BCUT2D eigenvalue weighted by Gasteiger charge is -2.30. The molecule has 0 aliphatic carbocycles. The fourth-order valence-corrected chi connectivity index (χ4v) is 4.87. The number of rotatable bonds is 10. The van der Waals surface area contributed by atoms with Crippen LogP contribution in [0.15, 0.2) is 60.7 Å². The Kier molecular flexibility index (Phi) is 9.76. The van der Waals surface area contributed by atoms with Crippen LogP contribution in [0.1, 0.15) is 61.9 Å². The minimum atomic E-state index is -0.688. The molecule has 0 saturated heterocycles. The number of fused-ring (bicyclic) bond motifs is 1. The first-order valence-electron chi connectivity index (χ1n) is 13.7. The largest absolute Gasteiger partial charge is 0.493 e. The first-order chi connectivity index (χ1) is 19.1. The third kappa shape index (κ3) is 8.76. The molecule has 1 aliphatic heterocycles. The molecule has 3 aromatic carbocycles. The SMILES string of the molecule is CC(C)(C)Cc1cc2c(cc1NC(=O)OCc1ccccc1)OCCC2NCC(O)CCc1cc(F)cc(F)c1. The van der Waals surface area contributed by atoms with Crippen LogP contribution in [0.25, 0.3) is 0 Å². The summed E-state index contributed by atoms with van der Waals surface area (Å²) in [6.45, 7) is 7.39. The minimum Gasteiger partial charge on any atom is -0.493 e. The number of carbonyl (C=O) groups is 1. The average molecular weight is 553 g/mol. The maximum absolute atomic E-state index is 13.5. The van der Waals surface area contributed by atoms with E-state index >= 15 is 0 Å². The number of amides is 1. The second-order valence-electron chi connectivity index (χ2n) is 11.5. The molecule has 1 aliphatic rings. The molecule has 1 amide bonds. The van der Waals surface area contributed by atoms with Crippen LogP contribution in [0.5, 0.6) is 5.75 Å². The summed E-state index contributed by atoms with van der Waals surface area (Å²) in [6, 6.07) is 16.8. The van der Waals surface area contributed by atoms with E-state index in [4.69, 9.17) is 9.47 Å². The molecule has 0 bridgehead atoms. The van der Waals surface area contributed by atoms with E-state index in [1.165, 1.54) is 12.1 Å². The monoisotopic (exact) mass is 552 g/mol. The molecule has 3 N–H and O–H groups in total. The van der Waals surface area contributed by atoms with E-state index in [1.54, 1.807) is 0 Å². The number of benzene rings is 3. The molecule has 1 heterocycles. The third-order valence-corrected chi connectivity index (χ3v) is 6.73. The number of hydrogen-bond donors (Lipinski definition) is 3. The van der Waals surface area contributed by atoms with Gasteiger partial charge in [-0.3, -0.25) is 5.32 Å². The van der Waals surface area contributed by atoms with Crippen molar-refractivity contribution in [2.45, 2.75) is 65.2 Å². The van der Waals surface area contributed by atoms with Crippen LogP contribution in [-0.4, -0.2) is 30.5 Å². The van der Waals surface area contributed by atoms with Crippen LogP contribution >= 0.6 is 0 Å². The molecule has 0 aromatic heterocycles. The summed E-state index contributed by atoms with van der Waals surface area (Å²) >= 11 is 0. The fraction of sp³-hybridized carbons (Fsp3) is 0.406. The van der Waals surface area contributed by atoms with Crippen molar-refractivity contribution in [1.29, 1.82) is 0 Å². The lowest BCUT2D eigenvalue weighted by molar-refractivity contribution is 0.151. The minimum absolute atomic E-state index is 0.0381. The highest BCUT2D eigenvalue weighted by atomic mass is 19.1. The number of carbonyl (C=O) groups excluding carboxylic acids is 1. The van der Waals surface area contributed by atoms with Gasteiger partial charge in [-0.2, -0.15) is 0 Å². The Balaban J connectivity index is 1.42. The molecule has 40 heavy (non-hydrogen) atoms. The molecule has 8 heteroatoms. The number of aliphatic hydroxyl groups is 1. The summed E-state index contributed by atoms with van der Waals surface area (Å²) < 4.78 is 38.3. The number of ether oxygens (including phenoxy) is 2. The van der Waals surface area contributed by atoms with Gasteiger partial charge < -0.3 is 19.9 Å². The van der Waals surface area contributed by atoms with E-state index in [9.17, 15) is 18.7 Å². The molecule has 0 saturated carbocycles.